The summed E-state index contributed by atoms with van der Waals surface area (Å²) in [6.45, 7) is 13.2. The van der Waals surface area contributed by atoms with E-state index in [1.807, 2.05) is 0 Å². The second-order valence-corrected chi connectivity index (χ2v) is 8.02. The first-order chi connectivity index (χ1) is 9.44. The Balaban J connectivity index is 2.21. The molecule has 1 aromatic heterocycles. The highest BCUT2D eigenvalue weighted by atomic mass is 32.2. The average Bonchev–Trinajstić information content (AvgIpc) is 2.63. The number of rotatable bonds is 5. The lowest BCUT2D eigenvalue weighted by Crippen LogP contribution is -2.44. The van der Waals surface area contributed by atoms with Crippen LogP contribution in [0.25, 0.3) is 0 Å². The predicted octanol–water partition coefficient (Wildman–Crippen LogP) is 2.56. The van der Waals surface area contributed by atoms with Gasteiger partial charge >= 0.3 is 0 Å². The third kappa shape index (κ3) is 3.50. The summed E-state index contributed by atoms with van der Waals surface area (Å²) >= 11 is 2.07. The van der Waals surface area contributed by atoms with Crippen LogP contribution in [-0.4, -0.2) is 39.9 Å². The molecule has 0 aromatic carbocycles. The van der Waals surface area contributed by atoms with E-state index in [-0.39, 0.29) is 0 Å². The Labute approximate surface area is 127 Å². The molecular weight excluding hydrogens is 268 g/mol. The highest BCUT2D eigenvalue weighted by molar-refractivity contribution is 8.00. The van der Waals surface area contributed by atoms with Gasteiger partial charge in [0.15, 0.2) is 0 Å². The van der Waals surface area contributed by atoms with Crippen molar-refractivity contribution in [2.75, 3.05) is 30.3 Å². The van der Waals surface area contributed by atoms with Crippen molar-refractivity contribution >= 4 is 17.6 Å². The van der Waals surface area contributed by atoms with E-state index in [2.05, 4.69) is 66.5 Å². The van der Waals surface area contributed by atoms with E-state index in [1.165, 1.54) is 23.6 Å². The van der Waals surface area contributed by atoms with E-state index in [0.29, 0.717) is 4.75 Å². The fourth-order valence-electron chi connectivity index (χ4n) is 2.88. The Morgan fingerprint density at radius 1 is 1.40 bits per heavy atom. The molecule has 2 rings (SSSR count). The summed E-state index contributed by atoms with van der Waals surface area (Å²) in [6, 6.07) is 0. The highest BCUT2D eigenvalue weighted by Crippen LogP contribution is 2.34. The molecule has 4 nitrogen and oxygen atoms in total. The molecule has 0 aliphatic carbocycles. The van der Waals surface area contributed by atoms with Gasteiger partial charge in [-0.3, -0.25) is 4.68 Å². The van der Waals surface area contributed by atoms with Crippen molar-refractivity contribution in [3.63, 3.8) is 0 Å². The van der Waals surface area contributed by atoms with Gasteiger partial charge in [0.05, 0.1) is 5.69 Å². The van der Waals surface area contributed by atoms with Crippen LogP contribution in [0.3, 0.4) is 0 Å². The molecule has 1 aromatic rings. The molecule has 5 heteroatoms. The van der Waals surface area contributed by atoms with Gasteiger partial charge in [-0.2, -0.15) is 16.9 Å². The van der Waals surface area contributed by atoms with Crippen LogP contribution in [0.4, 0.5) is 5.82 Å². The zero-order valence-electron chi connectivity index (χ0n) is 13.5. The number of thioether (sulfide) groups is 1. The first kappa shape index (κ1) is 15.7. The molecule has 0 atom stereocenters. The predicted molar refractivity (Wildman–Crippen MR) is 88.7 cm³/mol. The Hall–Kier alpha value is -0.680. The molecule has 0 amide bonds. The molecule has 1 saturated heterocycles. The molecule has 1 fully saturated rings. The second-order valence-electron chi connectivity index (χ2n) is 6.22. The fraction of sp³-hybridized carbons (Fsp3) is 0.800. The third-order valence-corrected chi connectivity index (χ3v) is 5.06. The van der Waals surface area contributed by atoms with Crippen LogP contribution in [0.15, 0.2) is 0 Å². The van der Waals surface area contributed by atoms with Crippen molar-refractivity contribution in [3.8, 4) is 0 Å². The smallest absolute Gasteiger partial charge is 0.131 e. The van der Waals surface area contributed by atoms with E-state index in [4.69, 9.17) is 0 Å². The molecule has 0 spiro atoms. The van der Waals surface area contributed by atoms with Crippen LogP contribution in [0.5, 0.6) is 0 Å². The maximum atomic E-state index is 4.64. The van der Waals surface area contributed by atoms with Crippen LogP contribution in [0.2, 0.25) is 0 Å². The van der Waals surface area contributed by atoms with E-state index in [1.54, 1.807) is 0 Å². The standard InChI is InChI=1S/C15H28N4S/c1-6-7-16-10-13-12(2)17-18(5)14(13)19-8-9-20-15(3,4)11-19/h16H,6-11H2,1-5H3. The molecule has 1 aliphatic rings. The second kappa shape index (κ2) is 6.39. The van der Waals surface area contributed by atoms with Gasteiger partial charge in [0, 0.05) is 42.7 Å². The maximum absolute atomic E-state index is 4.64. The molecule has 0 bridgehead atoms. The van der Waals surface area contributed by atoms with Crippen molar-refractivity contribution in [1.29, 1.82) is 0 Å². The van der Waals surface area contributed by atoms with Crippen LogP contribution in [0, 0.1) is 6.92 Å². The molecule has 1 N–H and O–H groups in total. The minimum absolute atomic E-state index is 0.324. The third-order valence-electron chi connectivity index (χ3n) is 3.77. The van der Waals surface area contributed by atoms with Gasteiger partial charge in [-0.15, -0.1) is 0 Å². The topological polar surface area (TPSA) is 33.1 Å². The molecule has 0 unspecified atom stereocenters. The van der Waals surface area contributed by atoms with E-state index >= 15 is 0 Å². The lowest BCUT2D eigenvalue weighted by atomic mass is 10.1. The van der Waals surface area contributed by atoms with Gasteiger partial charge < -0.3 is 10.2 Å². The number of nitrogens with zero attached hydrogens (tertiary/aromatic N) is 3. The van der Waals surface area contributed by atoms with E-state index in [9.17, 15) is 0 Å². The van der Waals surface area contributed by atoms with Crippen LogP contribution in [0.1, 0.15) is 38.4 Å². The SMILES string of the molecule is CCCNCc1c(C)nn(C)c1N1CCSC(C)(C)C1. The van der Waals surface area contributed by atoms with Gasteiger partial charge in [-0.05, 0) is 33.7 Å². The zero-order chi connectivity index (χ0) is 14.8. The molecule has 0 radical (unpaired) electrons. The van der Waals surface area contributed by atoms with Crippen molar-refractivity contribution < 1.29 is 0 Å². The van der Waals surface area contributed by atoms with Gasteiger partial charge in [-0.1, -0.05) is 6.92 Å². The number of aryl methyl sites for hydroxylation is 2. The summed E-state index contributed by atoms with van der Waals surface area (Å²) in [5.74, 6) is 2.50. The maximum Gasteiger partial charge on any atom is 0.131 e. The summed E-state index contributed by atoms with van der Waals surface area (Å²) < 4.78 is 2.38. The Bertz CT molecular complexity index is 453. The highest BCUT2D eigenvalue weighted by Gasteiger charge is 2.30. The zero-order valence-corrected chi connectivity index (χ0v) is 14.3. The number of aromatic nitrogens is 2. The monoisotopic (exact) mass is 296 g/mol. The van der Waals surface area contributed by atoms with Gasteiger partial charge in [0.1, 0.15) is 5.82 Å². The van der Waals surface area contributed by atoms with Crippen molar-refractivity contribution in [1.82, 2.24) is 15.1 Å². The Morgan fingerprint density at radius 3 is 2.80 bits per heavy atom. The Kier molecular flexibility index (Phi) is 5.02. The lowest BCUT2D eigenvalue weighted by molar-refractivity contribution is 0.615. The van der Waals surface area contributed by atoms with Gasteiger partial charge in [0.2, 0.25) is 0 Å². The normalized spacial score (nSPS) is 18.6. The molecular formula is C15H28N4S. The molecule has 2 heterocycles. The largest absolute Gasteiger partial charge is 0.354 e. The first-order valence-corrected chi connectivity index (χ1v) is 8.55. The quantitative estimate of drug-likeness (QED) is 0.847. The summed E-state index contributed by atoms with van der Waals surface area (Å²) in [5.41, 5.74) is 2.52. The Morgan fingerprint density at radius 2 is 2.15 bits per heavy atom. The van der Waals surface area contributed by atoms with Crippen molar-refractivity contribution in [3.05, 3.63) is 11.3 Å². The van der Waals surface area contributed by atoms with Crippen molar-refractivity contribution in [2.24, 2.45) is 7.05 Å². The number of hydrogen-bond acceptors (Lipinski definition) is 4. The summed E-state index contributed by atoms with van der Waals surface area (Å²) in [4.78, 5) is 2.51. The molecule has 20 heavy (non-hydrogen) atoms. The van der Waals surface area contributed by atoms with Crippen molar-refractivity contribution in [2.45, 2.75) is 45.4 Å². The van der Waals surface area contributed by atoms with E-state index in [0.717, 1.165) is 31.9 Å². The number of nitrogens with one attached hydrogen (secondary N) is 1. The molecule has 1 aliphatic heterocycles. The van der Waals surface area contributed by atoms with Gasteiger partial charge in [0.25, 0.3) is 0 Å². The summed E-state index contributed by atoms with van der Waals surface area (Å²) in [5, 5.41) is 8.16. The first-order valence-electron chi connectivity index (χ1n) is 7.56. The molecule has 0 saturated carbocycles. The van der Waals surface area contributed by atoms with E-state index < -0.39 is 0 Å². The average molecular weight is 296 g/mol. The van der Waals surface area contributed by atoms with Crippen LogP contribution >= 0.6 is 11.8 Å². The fourth-order valence-corrected chi connectivity index (χ4v) is 3.99. The minimum atomic E-state index is 0.324. The molecule has 114 valence electrons. The van der Waals surface area contributed by atoms with Crippen LogP contribution < -0.4 is 10.2 Å². The summed E-state index contributed by atoms with van der Waals surface area (Å²) in [7, 11) is 2.07. The lowest BCUT2D eigenvalue weighted by Gasteiger charge is -2.39. The number of hydrogen-bond donors (Lipinski definition) is 1. The minimum Gasteiger partial charge on any atom is -0.354 e. The summed E-state index contributed by atoms with van der Waals surface area (Å²) in [6.07, 6.45) is 1.17. The van der Waals surface area contributed by atoms with Crippen LogP contribution in [-0.2, 0) is 13.6 Å². The van der Waals surface area contributed by atoms with Gasteiger partial charge in [-0.25, -0.2) is 0 Å². The number of anilines is 1.